The van der Waals surface area contributed by atoms with Crippen LogP contribution in [0.2, 0.25) is 0 Å². The summed E-state index contributed by atoms with van der Waals surface area (Å²) in [7, 11) is 0. The van der Waals surface area contributed by atoms with Crippen LogP contribution in [0.15, 0.2) is 48.5 Å². The molecule has 2 aromatic carbocycles. The highest BCUT2D eigenvalue weighted by Crippen LogP contribution is 2.23. The summed E-state index contributed by atoms with van der Waals surface area (Å²) in [5.74, 6) is 0.0498. The van der Waals surface area contributed by atoms with Gasteiger partial charge in [0.2, 0.25) is 5.91 Å². The van der Waals surface area contributed by atoms with Crippen LogP contribution in [0.4, 0.5) is 11.4 Å². The molecule has 1 amide bonds. The molecule has 2 aliphatic heterocycles. The first-order valence-corrected chi connectivity index (χ1v) is 12.5. The van der Waals surface area contributed by atoms with Crippen molar-refractivity contribution in [3.05, 3.63) is 53.5 Å². The second-order valence-corrected chi connectivity index (χ2v) is 9.81. The highest BCUT2D eigenvalue weighted by Gasteiger charge is 2.26. The quantitative estimate of drug-likeness (QED) is 0.603. The van der Waals surface area contributed by atoms with Gasteiger partial charge >= 0.3 is 0 Å². The molecule has 0 radical (unpaired) electrons. The Morgan fingerprint density at radius 1 is 1.03 bits per heavy atom. The number of amides is 1. The summed E-state index contributed by atoms with van der Waals surface area (Å²) in [6.07, 6.45) is 0. The van der Waals surface area contributed by atoms with Crippen molar-refractivity contribution < 1.29 is 9.53 Å². The number of morpholine rings is 1. The van der Waals surface area contributed by atoms with Crippen LogP contribution < -0.4 is 10.2 Å². The predicted octanol–water partition coefficient (Wildman–Crippen LogP) is 3.28. The van der Waals surface area contributed by atoms with Crippen molar-refractivity contribution in [1.82, 2.24) is 14.8 Å². The number of piperazine rings is 1. The van der Waals surface area contributed by atoms with Crippen LogP contribution in [0.3, 0.4) is 0 Å². The van der Waals surface area contributed by atoms with Gasteiger partial charge < -0.3 is 15.0 Å². The number of carbonyl (C=O) groups excluding carboxylic acids is 1. The number of hydrogen-bond donors (Lipinski definition) is 1. The molecule has 0 unspecified atom stereocenters. The lowest BCUT2D eigenvalue weighted by Gasteiger charge is -2.37. The molecule has 2 aliphatic rings. The number of fused-ring (bicyclic) bond motifs is 1. The van der Waals surface area contributed by atoms with Crippen LogP contribution in [-0.2, 0) is 16.1 Å². The van der Waals surface area contributed by atoms with E-state index in [9.17, 15) is 4.79 Å². The van der Waals surface area contributed by atoms with Gasteiger partial charge in [0.15, 0.2) is 0 Å². The normalized spacial score (nSPS) is 19.0. The van der Waals surface area contributed by atoms with Gasteiger partial charge in [0.1, 0.15) is 5.01 Å². The standard InChI is InChI=1S/C25H31N5O2S/c1-19(25(31)26-20-6-8-21(9-7-20)30-14-16-32-17-15-30)29-12-10-28(11-13-29)18-24-27-22-4-2-3-5-23(22)33-24/h2-9,19H,10-18H2,1H3,(H,26,31)/t19-/m0/s1. The summed E-state index contributed by atoms with van der Waals surface area (Å²) in [4.78, 5) is 24.6. The van der Waals surface area contributed by atoms with Gasteiger partial charge in [-0.2, -0.15) is 0 Å². The van der Waals surface area contributed by atoms with E-state index in [4.69, 9.17) is 9.72 Å². The maximum absolute atomic E-state index is 12.9. The van der Waals surface area contributed by atoms with Gasteiger partial charge in [0.05, 0.1) is 36.0 Å². The number of thiazole rings is 1. The van der Waals surface area contributed by atoms with Crippen LogP contribution in [0.1, 0.15) is 11.9 Å². The Kier molecular flexibility index (Phi) is 6.87. The average Bonchev–Trinajstić information content (AvgIpc) is 3.27. The third-order valence-electron chi connectivity index (χ3n) is 6.54. The molecule has 1 atom stereocenters. The minimum atomic E-state index is -0.159. The van der Waals surface area contributed by atoms with Crippen LogP contribution >= 0.6 is 11.3 Å². The maximum Gasteiger partial charge on any atom is 0.241 e. The summed E-state index contributed by atoms with van der Waals surface area (Å²) in [5, 5.41) is 4.25. The van der Waals surface area contributed by atoms with Crippen molar-refractivity contribution in [2.24, 2.45) is 0 Å². The molecule has 1 aromatic heterocycles. The van der Waals surface area contributed by atoms with Crippen molar-refractivity contribution in [3.63, 3.8) is 0 Å². The number of benzene rings is 2. The molecule has 174 valence electrons. The summed E-state index contributed by atoms with van der Waals surface area (Å²) in [6.45, 7) is 9.90. The molecule has 3 aromatic rings. The van der Waals surface area contributed by atoms with Gasteiger partial charge in [-0.3, -0.25) is 14.6 Å². The molecule has 7 nitrogen and oxygen atoms in total. The van der Waals surface area contributed by atoms with Crippen molar-refractivity contribution in [1.29, 1.82) is 0 Å². The molecule has 2 fully saturated rings. The Labute approximate surface area is 199 Å². The number of nitrogens with one attached hydrogen (secondary N) is 1. The molecule has 2 saturated heterocycles. The smallest absolute Gasteiger partial charge is 0.241 e. The SMILES string of the molecule is C[C@@H](C(=O)Nc1ccc(N2CCOCC2)cc1)N1CCN(Cc2nc3ccccc3s2)CC1. The summed E-state index contributed by atoms with van der Waals surface area (Å²) < 4.78 is 6.67. The van der Waals surface area contributed by atoms with E-state index in [-0.39, 0.29) is 11.9 Å². The Hall–Kier alpha value is -2.52. The monoisotopic (exact) mass is 465 g/mol. The molecule has 0 aliphatic carbocycles. The van der Waals surface area contributed by atoms with E-state index in [1.54, 1.807) is 11.3 Å². The van der Waals surface area contributed by atoms with Gasteiger partial charge in [-0.1, -0.05) is 12.1 Å². The third kappa shape index (κ3) is 5.35. The molecule has 1 N–H and O–H groups in total. The Morgan fingerprint density at radius 2 is 1.76 bits per heavy atom. The zero-order valence-electron chi connectivity index (χ0n) is 19.1. The highest BCUT2D eigenvalue weighted by molar-refractivity contribution is 7.18. The second-order valence-electron chi connectivity index (χ2n) is 8.70. The Morgan fingerprint density at radius 3 is 2.48 bits per heavy atom. The fraction of sp³-hybridized carbons (Fsp3) is 0.440. The minimum Gasteiger partial charge on any atom is -0.378 e. The van der Waals surface area contributed by atoms with Gasteiger partial charge in [-0.05, 0) is 43.3 Å². The van der Waals surface area contributed by atoms with E-state index in [2.05, 4.69) is 50.3 Å². The van der Waals surface area contributed by atoms with E-state index in [0.29, 0.717) is 0 Å². The Bertz CT molecular complexity index is 1040. The molecule has 8 heteroatoms. The van der Waals surface area contributed by atoms with Gasteiger partial charge in [0, 0.05) is 50.6 Å². The number of nitrogens with zero attached hydrogens (tertiary/aromatic N) is 4. The lowest BCUT2D eigenvalue weighted by Crippen LogP contribution is -2.52. The van der Waals surface area contributed by atoms with E-state index >= 15 is 0 Å². The van der Waals surface area contributed by atoms with Crippen molar-refractivity contribution in [3.8, 4) is 0 Å². The number of anilines is 2. The van der Waals surface area contributed by atoms with Crippen LogP contribution in [0.25, 0.3) is 10.2 Å². The van der Waals surface area contributed by atoms with Gasteiger partial charge in [-0.25, -0.2) is 4.98 Å². The van der Waals surface area contributed by atoms with E-state index < -0.39 is 0 Å². The largest absolute Gasteiger partial charge is 0.378 e. The molecule has 0 spiro atoms. The summed E-state index contributed by atoms with van der Waals surface area (Å²) in [6, 6.07) is 16.3. The zero-order valence-corrected chi connectivity index (χ0v) is 19.9. The molecule has 33 heavy (non-hydrogen) atoms. The number of rotatable bonds is 6. The predicted molar refractivity (Wildman–Crippen MR) is 134 cm³/mol. The van der Waals surface area contributed by atoms with E-state index in [1.807, 2.05) is 25.1 Å². The fourth-order valence-corrected chi connectivity index (χ4v) is 5.49. The second kappa shape index (κ2) is 10.2. The molecule has 5 rings (SSSR count). The molecular formula is C25H31N5O2S. The van der Waals surface area contributed by atoms with Crippen molar-refractivity contribution >= 4 is 38.8 Å². The molecular weight excluding hydrogens is 434 g/mol. The lowest BCUT2D eigenvalue weighted by molar-refractivity contribution is -0.121. The van der Waals surface area contributed by atoms with Gasteiger partial charge in [-0.15, -0.1) is 11.3 Å². The molecule has 0 bridgehead atoms. The maximum atomic E-state index is 12.9. The number of ether oxygens (including phenoxy) is 1. The third-order valence-corrected chi connectivity index (χ3v) is 7.56. The number of carbonyl (C=O) groups is 1. The first-order valence-electron chi connectivity index (χ1n) is 11.7. The number of aromatic nitrogens is 1. The molecule has 3 heterocycles. The Balaban J connectivity index is 1.10. The van der Waals surface area contributed by atoms with Crippen molar-refractivity contribution in [2.45, 2.75) is 19.5 Å². The number of para-hydroxylation sites is 1. The average molecular weight is 466 g/mol. The van der Waals surface area contributed by atoms with E-state index in [0.717, 1.165) is 75.2 Å². The van der Waals surface area contributed by atoms with Crippen molar-refractivity contribution in [2.75, 3.05) is 62.7 Å². The first kappa shape index (κ1) is 22.3. The topological polar surface area (TPSA) is 60.9 Å². The first-order chi connectivity index (χ1) is 16.2. The highest BCUT2D eigenvalue weighted by atomic mass is 32.1. The minimum absolute atomic E-state index is 0.0498. The van der Waals surface area contributed by atoms with Crippen LogP contribution in [0, 0.1) is 0 Å². The fourth-order valence-electron chi connectivity index (χ4n) is 4.48. The van der Waals surface area contributed by atoms with E-state index in [1.165, 1.54) is 10.4 Å². The summed E-state index contributed by atoms with van der Waals surface area (Å²) in [5.41, 5.74) is 3.10. The molecule has 0 saturated carbocycles. The van der Waals surface area contributed by atoms with Gasteiger partial charge in [0.25, 0.3) is 0 Å². The van der Waals surface area contributed by atoms with Crippen LogP contribution in [-0.4, -0.2) is 79.2 Å². The van der Waals surface area contributed by atoms with Crippen LogP contribution in [0.5, 0.6) is 0 Å². The zero-order chi connectivity index (χ0) is 22.6. The summed E-state index contributed by atoms with van der Waals surface area (Å²) >= 11 is 1.77. The lowest BCUT2D eigenvalue weighted by atomic mass is 10.2. The number of hydrogen-bond acceptors (Lipinski definition) is 7.